The molecule has 0 unspecified atom stereocenters. The van der Waals surface area contributed by atoms with E-state index in [1.807, 2.05) is 0 Å². The summed E-state index contributed by atoms with van der Waals surface area (Å²) >= 11 is 0. The number of aliphatic hydroxyl groups excluding tert-OH is 1. The van der Waals surface area contributed by atoms with Crippen LogP contribution in [0, 0.1) is 17.8 Å². The molecule has 0 aromatic heterocycles. The highest BCUT2D eigenvalue weighted by atomic mass is 16.3. The minimum absolute atomic E-state index is 0.405. The summed E-state index contributed by atoms with van der Waals surface area (Å²) in [6.07, 6.45) is 2.62. The van der Waals surface area contributed by atoms with Crippen molar-refractivity contribution in [2.75, 3.05) is 6.61 Å². The minimum atomic E-state index is 0.405. The second kappa shape index (κ2) is 3.09. The van der Waals surface area contributed by atoms with E-state index in [2.05, 4.69) is 30.3 Å². The van der Waals surface area contributed by atoms with Crippen molar-refractivity contribution in [2.45, 2.75) is 18.8 Å². The van der Waals surface area contributed by atoms with Crippen molar-refractivity contribution >= 4 is 0 Å². The van der Waals surface area contributed by atoms with Gasteiger partial charge in [-0.2, -0.15) is 0 Å². The predicted octanol–water partition coefficient (Wildman–Crippen LogP) is 2.42. The predicted molar refractivity (Wildman–Crippen MR) is 56.0 cm³/mol. The molecule has 0 radical (unpaired) electrons. The van der Waals surface area contributed by atoms with Crippen LogP contribution in [-0.2, 0) is 0 Å². The van der Waals surface area contributed by atoms with Gasteiger partial charge in [0.05, 0.1) is 0 Å². The van der Waals surface area contributed by atoms with Gasteiger partial charge in [0, 0.05) is 6.61 Å². The Balaban J connectivity index is 1.64. The fourth-order valence-corrected chi connectivity index (χ4v) is 2.78. The van der Waals surface area contributed by atoms with Crippen molar-refractivity contribution in [1.29, 1.82) is 0 Å². The quantitative estimate of drug-likeness (QED) is 0.772. The molecule has 0 aliphatic heterocycles. The molecule has 1 nitrogen and oxygen atoms in total. The van der Waals surface area contributed by atoms with Crippen LogP contribution in [0.15, 0.2) is 30.3 Å². The Morgan fingerprint density at radius 1 is 1.07 bits per heavy atom. The first-order chi connectivity index (χ1) is 6.90. The molecule has 0 heterocycles. The van der Waals surface area contributed by atoms with Crippen LogP contribution >= 0.6 is 0 Å². The van der Waals surface area contributed by atoms with Gasteiger partial charge in [-0.1, -0.05) is 30.3 Å². The average Bonchev–Trinajstić information content (AvgIpc) is 3.12. The molecule has 0 spiro atoms. The fraction of sp³-hybridized carbons (Fsp3) is 0.538. The zero-order chi connectivity index (χ0) is 9.54. The first kappa shape index (κ1) is 8.49. The van der Waals surface area contributed by atoms with Gasteiger partial charge in [0.2, 0.25) is 0 Å². The smallest absolute Gasteiger partial charge is 0.0462 e. The third-order valence-electron chi connectivity index (χ3n) is 3.83. The van der Waals surface area contributed by atoms with E-state index in [1.165, 1.54) is 18.4 Å². The molecular weight excluding hydrogens is 172 g/mol. The van der Waals surface area contributed by atoms with Crippen molar-refractivity contribution in [2.24, 2.45) is 17.8 Å². The van der Waals surface area contributed by atoms with Crippen LogP contribution in [0.3, 0.4) is 0 Å². The topological polar surface area (TPSA) is 20.2 Å². The number of hydrogen-bond acceptors (Lipinski definition) is 1. The molecule has 1 aromatic rings. The van der Waals surface area contributed by atoms with Crippen LogP contribution in [0.25, 0.3) is 0 Å². The number of hydrogen-bond donors (Lipinski definition) is 1. The van der Waals surface area contributed by atoms with E-state index in [1.54, 1.807) is 0 Å². The molecule has 2 aliphatic rings. The highest BCUT2D eigenvalue weighted by Gasteiger charge is 2.53. The first-order valence-electron chi connectivity index (χ1n) is 5.56. The summed E-state index contributed by atoms with van der Waals surface area (Å²) < 4.78 is 0. The molecule has 2 saturated carbocycles. The monoisotopic (exact) mass is 188 g/mol. The van der Waals surface area contributed by atoms with E-state index >= 15 is 0 Å². The van der Waals surface area contributed by atoms with Gasteiger partial charge in [0.1, 0.15) is 0 Å². The lowest BCUT2D eigenvalue weighted by molar-refractivity contribution is 0.266. The number of benzene rings is 1. The molecule has 0 amide bonds. The summed E-state index contributed by atoms with van der Waals surface area (Å²) in [5, 5.41) is 9.01. The van der Waals surface area contributed by atoms with Crippen molar-refractivity contribution in [3.05, 3.63) is 35.9 Å². The zero-order valence-electron chi connectivity index (χ0n) is 8.26. The summed E-state index contributed by atoms with van der Waals surface area (Å²) in [6.45, 7) is 0.405. The molecule has 4 atom stereocenters. The molecule has 0 bridgehead atoms. The zero-order valence-corrected chi connectivity index (χ0v) is 8.26. The standard InChI is InChI=1S/C13H16O/c14-8-10-6-11(10)13-7-12(13)9-4-2-1-3-5-9/h1-5,10-14H,6-8H2/t10-,11+,12+,13-/m1/s1. The van der Waals surface area contributed by atoms with Crippen LogP contribution in [-0.4, -0.2) is 11.7 Å². The van der Waals surface area contributed by atoms with E-state index < -0.39 is 0 Å². The van der Waals surface area contributed by atoms with Crippen LogP contribution in [0.5, 0.6) is 0 Å². The van der Waals surface area contributed by atoms with Crippen LogP contribution < -0.4 is 0 Å². The Labute approximate surface area is 84.8 Å². The van der Waals surface area contributed by atoms with Crippen molar-refractivity contribution in [3.8, 4) is 0 Å². The lowest BCUT2D eigenvalue weighted by atomic mass is 10.1. The number of aliphatic hydroxyl groups is 1. The SMILES string of the molecule is OC[C@H]1C[C@@H]1[C@H]1C[C@H]1c1ccccc1. The van der Waals surface area contributed by atoms with E-state index in [0.717, 1.165) is 17.8 Å². The van der Waals surface area contributed by atoms with Crippen LogP contribution in [0.1, 0.15) is 24.3 Å². The second-order valence-electron chi connectivity index (χ2n) is 4.76. The Bertz CT molecular complexity index is 319. The molecule has 2 aliphatic carbocycles. The van der Waals surface area contributed by atoms with E-state index in [4.69, 9.17) is 5.11 Å². The highest BCUT2D eigenvalue weighted by molar-refractivity contribution is 5.27. The maximum atomic E-state index is 9.01. The van der Waals surface area contributed by atoms with E-state index in [9.17, 15) is 0 Å². The number of rotatable bonds is 3. The molecule has 3 rings (SSSR count). The van der Waals surface area contributed by atoms with Gasteiger partial charge >= 0.3 is 0 Å². The van der Waals surface area contributed by atoms with Gasteiger partial charge in [-0.25, -0.2) is 0 Å². The first-order valence-corrected chi connectivity index (χ1v) is 5.56. The summed E-state index contributed by atoms with van der Waals surface area (Å²) in [5.41, 5.74) is 1.50. The van der Waals surface area contributed by atoms with Crippen molar-refractivity contribution in [1.82, 2.24) is 0 Å². The normalized spacial score (nSPS) is 39.5. The van der Waals surface area contributed by atoms with E-state index in [-0.39, 0.29) is 0 Å². The molecule has 2 fully saturated rings. The van der Waals surface area contributed by atoms with Crippen molar-refractivity contribution < 1.29 is 5.11 Å². The lowest BCUT2D eigenvalue weighted by Crippen LogP contribution is -1.92. The Kier molecular flexibility index (Phi) is 1.88. The maximum Gasteiger partial charge on any atom is 0.0462 e. The Hall–Kier alpha value is -0.820. The molecular formula is C13H16O. The van der Waals surface area contributed by atoms with Gasteiger partial charge in [0.25, 0.3) is 0 Å². The molecule has 0 saturated heterocycles. The minimum Gasteiger partial charge on any atom is -0.396 e. The lowest BCUT2D eigenvalue weighted by Gasteiger charge is -1.98. The van der Waals surface area contributed by atoms with Crippen molar-refractivity contribution in [3.63, 3.8) is 0 Å². The largest absolute Gasteiger partial charge is 0.396 e. The van der Waals surface area contributed by atoms with Crippen LogP contribution in [0.4, 0.5) is 0 Å². The summed E-state index contributed by atoms with van der Waals surface area (Å²) in [4.78, 5) is 0. The van der Waals surface area contributed by atoms with Gasteiger partial charge in [-0.15, -0.1) is 0 Å². The Morgan fingerprint density at radius 3 is 2.50 bits per heavy atom. The highest BCUT2D eigenvalue weighted by Crippen LogP contribution is 2.61. The molecule has 74 valence electrons. The third-order valence-corrected chi connectivity index (χ3v) is 3.83. The van der Waals surface area contributed by atoms with E-state index in [0.29, 0.717) is 12.5 Å². The molecule has 1 heteroatoms. The summed E-state index contributed by atoms with van der Waals surface area (Å²) in [6, 6.07) is 10.8. The third kappa shape index (κ3) is 1.36. The maximum absolute atomic E-state index is 9.01. The van der Waals surface area contributed by atoms with Gasteiger partial charge in [-0.05, 0) is 42.1 Å². The average molecular weight is 188 g/mol. The van der Waals surface area contributed by atoms with Gasteiger partial charge < -0.3 is 5.11 Å². The molecule has 1 N–H and O–H groups in total. The second-order valence-corrected chi connectivity index (χ2v) is 4.76. The summed E-state index contributed by atoms with van der Waals surface area (Å²) in [7, 11) is 0. The summed E-state index contributed by atoms with van der Waals surface area (Å²) in [5.74, 6) is 3.16. The molecule has 14 heavy (non-hydrogen) atoms. The van der Waals surface area contributed by atoms with Crippen LogP contribution in [0.2, 0.25) is 0 Å². The van der Waals surface area contributed by atoms with Gasteiger partial charge in [0.15, 0.2) is 0 Å². The Morgan fingerprint density at radius 2 is 1.86 bits per heavy atom. The molecule has 1 aromatic carbocycles. The van der Waals surface area contributed by atoms with Gasteiger partial charge in [-0.3, -0.25) is 0 Å². The fourth-order valence-electron chi connectivity index (χ4n) is 2.78.